The van der Waals surface area contributed by atoms with Crippen molar-refractivity contribution in [2.24, 2.45) is 0 Å². The van der Waals surface area contributed by atoms with Gasteiger partial charge in [0.15, 0.2) is 5.82 Å². The van der Waals surface area contributed by atoms with Crippen molar-refractivity contribution in [3.63, 3.8) is 0 Å². The number of hydrogen-bond donors (Lipinski definition) is 1. The number of benzene rings is 1. The molecule has 1 amide bonds. The van der Waals surface area contributed by atoms with Crippen molar-refractivity contribution in [1.82, 2.24) is 15.0 Å². The van der Waals surface area contributed by atoms with Gasteiger partial charge in [-0.05, 0) is 19.1 Å². The van der Waals surface area contributed by atoms with Crippen molar-refractivity contribution < 1.29 is 9.32 Å². The smallest absolute Gasteiger partial charge is 0.239 e. The predicted octanol–water partition coefficient (Wildman–Crippen LogP) is 2.16. The topological polar surface area (TPSA) is 98.3 Å². The highest BCUT2D eigenvalue weighted by molar-refractivity contribution is 5.93. The van der Waals surface area contributed by atoms with Crippen LogP contribution in [0.1, 0.15) is 11.5 Å². The normalized spacial score (nSPS) is 14.8. The Kier molecular flexibility index (Phi) is 4.91. The quantitative estimate of drug-likeness (QED) is 0.745. The maximum Gasteiger partial charge on any atom is 0.239 e. The minimum atomic E-state index is -0.108. The Morgan fingerprint density at radius 1 is 1.25 bits per heavy atom. The van der Waals surface area contributed by atoms with Crippen LogP contribution in [0.4, 0.5) is 11.5 Å². The number of nitrogens with one attached hydrogen (secondary N) is 1. The van der Waals surface area contributed by atoms with Gasteiger partial charge in [0.2, 0.25) is 5.91 Å². The van der Waals surface area contributed by atoms with Crippen LogP contribution in [-0.2, 0) is 4.79 Å². The number of rotatable bonds is 4. The summed E-state index contributed by atoms with van der Waals surface area (Å²) in [4.78, 5) is 20.9. The van der Waals surface area contributed by atoms with Crippen LogP contribution >= 0.6 is 0 Å². The molecular weight excluding hydrogens is 356 g/mol. The van der Waals surface area contributed by atoms with E-state index in [9.17, 15) is 10.1 Å². The van der Waals surface area contributed by atoms with E-state index in [1.54, 1.807) is 13.0 Å². The minimum Gasteiger partial charge on any atom is -0.368 e. The fraction of sp³-hybridized carbons (Fsp3) is 0.300. The zero-order chi connectivity index (χ0) is 19.5. The standard InChI is InChI=1S/C20H20N6O2/c1-14-10-19(24-28-14)23-20(27)13-25-6-8-26(9-7-25)18-11-15(12-21)22-17-5-3-2-4-16(17)18/h2-5,10-11H,6-9,13H2,1H3,(H,23,24,27). The first-order chi connectivity index (χ1) is 13.6. The van der Waals surface area contributed by atoms with Crippen molar-refractivity contribution in [1.29, 1.82) is 5.26 Å². The summed E-state index contributed by atoms with van der Waals surface area (Å²) < 4.78 is 4.96. The van der Waals surface area contributed by atoms with Crippen LogP contribution in [0, 0.1) is 18.3 Å². The number of pyridine rings is 1. The highest BCUT2D eigenvalue weighted by atomic mass is 16.5. The molecule has 1 fully saturated rings. The molecule has 8 heteroatoms. The Morgan fingerprint density at radius 3 is 2.75 bits per heavy atom. The van der Waals surface area contributed by atoms with Crippen LogP contribution in [0.2, 0.25) is 0 Å². The number of piperazine rings is 1. The number of aromatic nitrogens is 2. The number of carbonyl (C=O) groups is 1. The summed E-state index contributed by atoms with van der Waals surface area (Å²) in [5.41, 5.74) is 2.25. The van der Waals surface area contributed by atoms with Crippen molar-refractivity contribution >= 4 is 28.3 Å². The lowest BCUT2D eigenvalue weighted by molar-refractivity contribution is -0.117. The molecule has 0 radical (unpaired) electrons. The maximum absolute atomic E-state index is 12.2. The molecule has 1 aliphatic heterocycles. The number of amides is 1. The lowest BCUT2D eigenvalue weighted by Gasteiger charge is -2.36. The van der Waals surface area contributed by atoms with Gasteiger partial charge in [0.25, 0.3) is 0 Å². The summed E-state index contributed by atoms with van der Waals surface area (Å²) >= 11 is 0. The number of nitrogens with zero attached hydrogens (tertiary/aromatic N) is 5. The predicted molar refractivity (Wildman–Crippen MR) is 105 cm³/mol. The second-order valence-electron chi connectivity index (χ2n) is 6.79. The van der Waals surface area contributed by atoms with E-state index in [0.717, 1.165) is 42.8 Å². The molecule has 8 nitrogen and oxygen atoms in total. The molecule has 2 aromatic heterocycles. The third-order valence-corrected chi connectivity index (χ3v) is 4.78. The number of aryl methyl sites for hydroxylation is 1. The summed E-state index contributed by atoms with van der Waals surface area (Å²) in [6.45, 7) is 5.14. The molecule has 0 bridgehead atoms. The molecule has 1 aliphatic rings. The number of hydrogen-bond acceptors (Lipinski definition) is 7. The molecule has 1 saturated heterocycles. The van der Waals surface area contributed by atoms with Gasteiger partial charge in [-0.25, -0.2) is 4.98 Å². The lowest BCUT2D eigenvalue weighted by Crippen LogP contribution is -2.48. The highest BCUT2D eigenvalue weighted by Gasteiger charge is 2.21. The van der Waals surface area contributed by atoms with Gasteiger partial charge < -0.3 is 14.7 Å². The average molecular weight is 376 g/mol. The summed E-state index contributed by atoms with van der Waals surface area (Å²) in [5.74, 6) is 0.988. The zero-order valence-electron chi connectivity index (χ0n) is 15.6. The SMILES string of the molecule is Cc1cc(NC(=O)CN2CCN(c3cc(C#N)nc4ccccc34)CC2)no1. The molecule has 3 heterocycles. The van der Waals surface area contributed by atoms with Gasteiger partial charge >= 0.3 is 0 Å². The van der Waals surface area contributed by atoms with Gasteiger partial charge in [0.05, 0.1) is 12.1 Å². The Bertz CT molecular complexity index is 1050. The molecular formula is C20H20N6O2. The third kappa shape index (κ3) is 3.80. The van der Waals surface area contributed by atoms with E-state index in [1.165, 1.54) is 0 Å². The van der Waals surface area contributed by atoms with Gasteiger partial charge in [-0.2, -0.15) is 5.26 Å². The van der Waals surface area contributed by atoms with E-state index in [4.69, 9.17) is 4.52 Å². The molecule has 3 aromatic rings. The van der Waals surface area contributed by atoms with E-state index in [1.807, 2.05) is 30.3 Å². The van der Waals surface area contributed by atoms with Gasteiger partial charge in [0.1, 0.15) is 17.5 Å². The summed E-state index contributed by atoms with van der Waals surface area (Å²) in [5, 5.41) is 16.9. The van der Waals surface area contributed by atoms with Crippen molar-refractivity contribution in [2.45, 2.75) is 6.92 Å². The molecule has 142 valence electrons. The minimum absolute atomic E-state index is 0.108. The Labute approximate surface area is 162 Å². The molecule has 1 N–H and O–H groups in total. The molecule has 4 rings (SSSR count). The molecule has 0 saturated carbocycles. The summed E-state index contributed by atoms with van der Waals surface area (Å²) in [7, 11) is 0. The van der Waals surface area contributed by atoms with E-state index in [2.05, 4.69) is 31.3 Å². The lowest BCUT2D eigenvalue weighted by atomic mass is 10.1. The average Bonchev–Trinajstić information content (AvgIpc) is 3.12. The van der Waals surface area contributed by atoms with Crippen LogP contribution in [-0.4, -0.2) is 53.7 Å². The second-order valence-corrected chi connectivity index (χ2v) is 6.79. The van der Waals surface area contributed by atoms with Gasteiger partial charge in [-0.3, -0.25) is 9.69 Å². The molecule has 0 atom stereocenters. The highest BCUT2D eigenvalue weighted by Crippen LogP contribution is 2.27. The first-order valence-corrected chi connectivity index (χ1v) is 9.13. The summed E-state index contributed by atoms with van der Waals surface area (Å²) in [6, 6.07) is 13.5. The molecule has 0 unspecified atom stereocenters. The second kappa shape index (κ2) is 7.66. The fourth-order valence-corrected chi connectivity index (χ4v) is 3.43. The van der Waals surface area contributed by atoms with Gasteiger partial charge in [0, 0.05) is 43.3 Å². The van der Waals surface area contributed by atoms with Crippen LogP contribution < -0.4 is 10.2 Å². The van der Waals surface area contributed by atoms with Crippen LogP contribution in [0.15, 0.2) is 40.9 Å². The van der Waals surface area contributed by atoms with Crippen molar-refractivity contribution in [3.05, 3.63) is 47.9 Å². The van der Waals surface area contributed by atoms with Crippen LogP contribution in [0.3, 0.4) is 0 Å². The van der Waals surface area contributed by atoms with Gasteiger partial charge in [-0.15, -0.1) is 0 Å². The first kappa shape index (κ1) is 17.9. The fourth-order valence-electron chi connectivity index (χ4n) is 3.43. The number of anilines is 2. The largest absolute Gasteiger partial charge is 0.368 e. The summed E-state index contributed by atoms with van der Waals surface area (Å²) in [6.07, 6.45) is 0. The van der Waals surface area contributed by atoms with E-state index < -0.39 is 0 Å². The van der Waals surface area contributed by atoms with E-state index in [-0.39, 0.29) is 5.91 Å². The zero-order valence-corrected chi connectivity index (χ0v) is 15.6. The van der Waals surface area contributed by atoms with E-state index >= 15 is 0 Å². The van der Waals surface area contributed by atoms with Crippen molar-refractivity contribution in [3.8, 4) is 6.07 Å². The number of fused-ring (bicyclic) bond motifs is 1. The monoisotopic (exact) mass is 376 g/mol. The molecule has 1 aromatic carbocycles. The molecule has 28 heavy (non-hydrogen) atoms. The number of carbonyl (C=O) groups excluding carboxylic acids is 1. The Hall–Kier alpha value is -3.44. The van der Waals surface area contributed by atoms with Gasteiger partial charge in [-0.1, -0.05) is 23.4 Å². The van der Waals surface area contributed by atoms with Crippen LogP contribution in [0.25, 0.3) is 10.9 Å². The first-order valence-electron chi connectivity index (χ1n) is 9.13. The Balaban J connectivity index is 1.41. The van der Waals surface area contributed by atoms with E-state index in [0.29, 0.717) is 23.8 Å². The Morgan fingerprint density at radius 2 is 2.04 bits per heavy atom. The maximum atomic E-state index is 12.2. The molecule has 0 aliphatic carbocycles. The number of para-hydroxylation sites is 1. The van der Waals surface area contributed by atoms with Crippen molar-refractivity contribution in [2.75, 3.05) is 42.9 Å². The van der Waals surface area contributed by atoms with Crippen LogP contribution in [0.5, 0.6) is 0 Å². The third-order valence-electron chi connectivity index (χ3n) is 4.78. The number of nitriles is 1. The molecule has 0 spiro atoms.